The Morgan fingerprint density at radius 3 is 2.35 bits per heavy atom. The van der Waals surface area contributed by atoms with Gasteiger partial charge in [0.15, 0.2) is 4.77 Å². The topological polar surface area (TPSA) is 28.7 Å². The maximum Gasteiger partial charge on any atom is 0.431 e. The Labute approximate surface area is 100 Å². The van der Waals surface area contributed by atoms with Gasteiger partial charge in [-0.2, -0.15) is 13.2 Å². The molecule has 0 saturated carbocycles. The predicted octanol–water partition coefficient (Wildman–Crippen LogP) is 3.82. The molecule has 0 atom stereocenters. The minimum atomic E-state index is -4.46. The van der Waals surface area contributed by atoms with Crippen molar-refractivity contribution >= 4 is 12.2 Å². The first-order valence-electron chi connectivity index (χ1n) is 4.71. The molecular weight excluding hydrogens is 249 g/mol. The number of nitrogens with one attached hydrogen (secondary N) is 1. The highest BCUT2D eigenvalue weighted by molar-refractivity contribution is 7.71. The molecule has 6 heteroatoms. The summed E-state index contributed by atoms with van der Waals surface area (Å²) >= 11 is 4.69. The number of alkyl halides is 3. The highest BCUT2D eigenvalue weighted by Gasteiger charge is 2.32. The monoisotopic (exact) mass is 256 g/mol. The molecule has 0 bridgehead atoms. The fraction of sp³-hybridized carbons (Fsp3) is 0.0909. The smallest absolute Gasteiger partial charge is 0.327 e. The third-order valence-corrected chi connectivity index (χ3v) is 2.31. The van der Waals surface area contributed by atoms with Gasteiger partial charge in [0.2, 0.25) is 0 Å². The van der Waals surface area contributed by atoms with Gasteiger partial charge in [0.25, 0.3) is 0 Å². The molecule has 88 valence electrons. The van der Waals surface area contributed by atoms with Crippen molar-refractivity contribution in [3.63, 3.8) is 0 Å². The molecule has 0 fully saturated rings. The van der Waals surface area contributed by atoms with E-state index in [1.165, 1.54) is 0 Å². The van der Waals surface area contributed by atoms with Gasteiger partial charge in [0.05, 0.1) is 5.69 Å². The van der Waals surface area contributed by atoms with Crippen molar-refractivity contribution in [2.24, 2.45) is 0 Å². The average molecular weight is 256 g/mol. The molecule has 17 heavy (non-hydrogen) atoms. The number of aromatic nitrogens is 2. The van der Waals surface area contributed by atoms with Crippen molar-refractivity contribution < 1.29 is 13.2 Å². The van der Waals surface area contributed by atoms with Crippen LogP contribution in [0, 0.1) is 4.77 Å². The molecule has 0 aliphatic heterocycles. The van der Waals surface area contributed by atoms with Crippen LogP contribution in [0.5, 0.6) is 0 Å². The van der Waals surface area contributed by atoms with Crippen LogP contribution in [-0.2, 0) is 6.18 Å². The summed E-state index contributed by atoms with van der Waals surface area (Å²) in [6, 6.07) is 9.53. The zero-order chi connectivity index (χ0) is 12.5. The Kier molecular flexibility index (Phi) is 2.97. The Morgan fingerprint density at radius 1 is 1.12 bits per heavy atom. The van der Waals surface area contributed by atoms with Crippen LogP contribution in [0.25, 0.3) is 11.3 Å². The number of nitrogens with zero attached hydrogens (tertiary/aromatic N) is 1. The van der Waals surface area contributed by atoms with E-state index in [9.17, 15) is 13.2 Å². The van der Waals surface area contributed by atoms with Gasteiger partial charge in [-0.25, -0.2) is 4.98 Å². The quantitative estimate of drug-likeness (QED) is 0.786. The van der Waals surface area contributed by atoms with E-state index in [0.29, 0.717) is 5.56 Å². The molecule has 2 nitrogen and oxygen atoms in total. The molecular formula is C11H7F3N2S. The molecule has 0 amide bonds. The van der Waals surface area contributed by atoms with Gasteiger partial charge in [0.1, 0.15) is 5.69 Å². The number of hydrogen-bond donors (Lipinski definition) is 1. The largest absolute Gasteiger partial charge is 0.431 e. The molecule has 1 aromatic carbocycles. The van der Waals surface area contributed by atoms with Crippen molar-refractivity contribution in [1.82, 2.24) is 9.97 Å². The normalized spacial score (nSPS) is 11.5. The van der Waals surface area contributed by atoms with Crippen molar-refractivity contribution in [2.45, 2.75) is 6.18 Å². The Morgan fingerprint density at radius 2 is 1.76 bits per heavy atom. The van der Waals surface area contributed by atoms with E-state index in [4.69, 9.17) is 0 Å². The van der Waals surface area contributed by atoms with Crippen LogP contribution in [0.3, 0.4) is 0 Å². The molecule has 0 unspecified atom stereocenters. The molecule has 0 radical (unpaired) electrons. The van der Waals surface area contributed by atoms with Gasteiger partial charge >= 0.3 is 6.18 Å². The molecule has 1 N–H and O–H groups in total. The van der Waals surface area contributed by atoms with E-state index in [1.54, 1.807) is 30.3 Å². The van der Waals surface area contributed by atoms with Crippen LogP contribution in [0.2, 0.25) is 0 Å². The van der Waals surface area contributed by atoms with Crippen LogP contribution in [0.1, 0.15) is 5.69 Å². The summed E-state index contributed by atoms with van der Waals surface area (Å²) in [6.07, 6.45) is -4.46. The van der Waals surface area contributed by atoms with Gasteiger partial charge < -0.3 is 4.98 Å². The summed E-state index contributed by atoms with van der Waals surface area (Å²) in [6.45, 7) is 0. The second kappa shape index (κ2) is 4.29. The van der Waals surface area contributed by atoms with E-state index < -0.39 is 11.9 Å². The SMILES string of the molecule is FC(F)(F)c1cc(-c2ccccc2)nc(=S)[nH]1. The molecule has 0 saturated heterocycles. The number of aromatic amines is 1. The Bertz CT molecular complexity index is 575. The molecule has 1 aromatic heterocycles. The minimum absolute atomic E-state index is 0.182. The van der Waals surface area contributed by atoms with E-state index in [0.717, 1.165) is 6.07 Å². The summed E-state index contributed by atoms with van der Waals surface area (Å²) in [5.41, 5.74) is -0.0869. The summed E-state index contributed by atoms with van der Waals surface area (Å²) < 4.78 is 37.5. The van der Waals surface area contributed by atoms with Crippen LogP contribution in [-0.4, -0.2) is 9.97 Å². The molecule has 1 heterocycles. The zero-order valence-electron chi connectivity index (χ0n) is 8.45. The molecule has 0 aliphatic carbocycles. The van der Waals surface area contributed by atoms with Crippen LogP contribution < -0.4 is 0 Å². The first kappa shape index (κ1) is 11.8. The van der Waals surface area contributed by atoms with E-state index in [2.05, 4.69) is 17.2 Å². The van der Waals surface area contributed by atoms with E-state index in [1.807, 2.05) is 4.98 Å². The number of H-pyrrole nitrogens is 1. The first-order chi connectivity index (χ1) is 7.97. The zero-order valence-corrected chi connectivity index (χ0v) is 9.27. The fourth-order valence-electron chi connectivity index (χ4n) is 1.37. The average Bonchev–Trinajstić information content (AvgIpc) is 2.28. The van der Waals surface area contributed by atoms with Crippen LogP contribution in [0.15, 0.2) is 36.4 Å². The van der Waals surface area contributed by atoms with Gasteiger partial charge in [0, 0.05) is 5.56 Å². The lowest BCUT2D eigenvalue weighted by Crippen LogP contribution is -2.09. The summed E-state index contributed by atoms with van der Waals surface area (Å²) in [7, 11) is 0. The van der Waals surface area contributed by atoms with E-state index >= 15 is 0 Å². The van der Waals surface area contributed by atoms with Crippen molar-refractivity contribution in [3.8, 4) is 11.3 Å². The van der Waals surface area contributed by atoms with Crippen LogP contribution >= 0.6 is 12.2 Å². The maximum atomic E-state index is 12.6. The highest BCUT2D eigenvalue weighted by atomic mass is 32.1. The lowest BCUT2D eigenvalue weighted by molar-refractivity contribution is -0.141. The van der Waals surface area contributed by atoms with Crippen LogP contribution in [0.4, 0.5) is 13.2 Å². The molecule has 2 aromatic rings. The second-order valence-corrected chi connectivity index (χ2v) is 3.74. The lowest BCUT2D eigenvalue weighted by atomic mass is 10.1. The van der Waals surface area contributed by atoms with Gasteiger partial charge in [-0.3, -0.25) is 0 Å². The number of benzene rings is 1. The second-order valence-electron chi connectivity index (χ2n) is 3.35. The van der Waals surface area contributed by atoms with Gasteiger partial charge in [-0.15, -0.1) is 0 Å². The summed E-state index contributed by atoms with van der Waals surface area (Å²) in [5.74, 6) is 0. The molecule has 0 spiro atoms. The van der Waals surface area contributed by atoms with Crippen molar-refractivity contribution in [1.29, 1.82) is 0 Å². The van der Waals surface area contributed by atoms with Gasteiger partial charge in [-0.05, 0) is 18.3 Å². The third kappa shape index (κ3) is 2.71. The minimum Gasteiger partial charge on any atom is -0.327 e. The molecule has 2 rings (SSSR count). The summed E-state index contributed by atoms with van der Waals surface area (Å²) in [4.78, 5) is 5.91. The Balaban J connectivity index is 2.58. The number of hydrogen-bond acceptors (Lipinski definition) is 2. The maximum absolute atomic E-state index is 12.6. The van der Waals surface area contributed by atoms with E-state index in [-0.39, 0.29) is 10.5 Å². The van der Waals surface area contributed by atoms with Crippen molar-refractivity contribution in [3.05, 3.63) is 46.9 Å². The number of rotatable bonds is 1. The summed E-state index contributed by atoms with van der Waals surface area (Å²) in [5, 5.41) is 0. The fourth-order valence-corrected chi connectivity index (χ4v) is 1.58. The predicted molar refractivity (Wildman–Crippen MR) is 59.9 cm³/mol. The van der Waals surface area contributed by atoms with Gasteiger partial charge in [-0.1, -0.05) is 30.3 Å². The molecule has 0 aliphatic rings. The Hall–Kier alpha value is -1.69. The first-order valence-corrected chi connectivity index (χ1v) is 5.11. The number of halogens is 3. The lowest BCUT2D eigenvalue weighted by Gasteiger charge is -2.08. The third-order valence-electron chi connectivity index (χ3n) is 2.12. The van der Waals surface area contributed by atoms with Crippen molar-refractivity contribution in [2.75, 3.05) is 0 Å². The standard InChI is InChI=1S/C11H7F3N2S/c12-11(13,14)9-6-8(15-10(17)16-9)7-4-2-1-3-5-7/h1-6H,(H,15,16,17). The highest BCUT2D eigenvalue weighted by Crippen LogP contribution is 2.29.